The number of likely N-dealkylation sites (N-methyl/N-ethyl adjacent to an activating group) is 1. The van der Waals surface area contributed by atoms with Gasteiger partial charge in [-0.05, 0) is 37.5 Å². The highest BCUT2D eigenvalue weighted by Crippen LogP contribution is 2.32. The van der Waals surface area contributed by atoms with Gasteiger partial charge in [0.25, 0.3) is 5.91 Å². The molecular weight excluding hydrogens is 450 g/mol. The molecule has 0 aromatic heterocycles. The summed E-state index contributed by atoms with van der Waals surface area (Å²) in [5.74, 6) is 1.33. The quantitative estimate of drug-likeness (QED) is 0.614. The minimum absolute atomic E-state index is 0.193. The second-order valence-electron chi connectivity index (χ2n) is 9.35. The average molecular weight is 479 g/mol. The lowest BCUT2D eigenvalue weighted by atomic mass is 10.0. The van der Waals surface area contributed by atoms with Gasteiger partial charge >= 0.3 is 12.0 Å². The average Bonchev–Trinajstić information content (AvgIpc) is 3.21. The molecule has 0 bridgehead atoms. The molecule has 1 fully saturated rings. The van der Waals surface area contributed by atoms with Gasteiger partial charge in [0.2, 0.25) is 11.9 Å². The minimum atomic E-state index is -0.584. The molecule has 2 atom stereocenters. The van der Waals surface area contributed by atoms with Crippen molar-refractivity contribution in [1.29, 1.82) is 0 Å². The van der Waals surface area contributed by atoms with E-state index in [2.05, 4.69) is 28.5 Å². The van der Waals surface area contributed by atoms with E-state index in [1.54, 1.807) is 7.05 Å². The zero-order valence-electron chi connectivity index (χ0n) is 19.7. The first-order valence-electron chi connectivity index (χ1n) is 11.7. The number of nitrogens with zero attached hydrogens (tertiary/aromatic N) is 5. The van der Waals surface area contributed by atoms with Crippen LogP contribution in [0.4, 0.5) is 10.5 Å². The van der Waals surface area contributed by atoms with E-state index in [4.69, 9.17) is 16.6 Å². The Morgan fingerprint density at radius 2 is 1.88 bits per heavy atom. The van der Waals surface area contributed by atoms with E-state index in [9.17, 15) is 9.59 Å². The second-order valence-corrected chi connectivity index (χ2v) is 9.75. The molecule has 8 heteroatoms. The lowest BCUT2D eigenvalue weighted by Crippen LogP contribution is -2.63. The van der Waals surface area contributed by atoms with Crippen molar-refractivity contribution < 1.29 is 14.2 Å². The molecule has 0 aliphatic carbocycles. The first kappa shape index (κ1) is 22.6. The molecule has 0 N–H and O–H groups in total. The number of carbonyl (C=O) groups excluding carboxylic acids is 2. The summed E-state index contributed by atoms with van der Waals surface area (Å²) in [5, 5.41) is 0.693. The van der Waals surface area contributed by atoms with Gasteiger partial charge < -0.3 is 0 Å². The smallest absolute Gasteiger partial charge is 0.270 e. The van der Waals surface area contributed by atoms with Gasteiger partial charge in [-0.1, -0.05) is 59.9 Å². The number of imide groups is 1. The molecule has 2 aromatic rings. The van der Waals surface area contributed by atoms with E-state index in [0.717, 1.165) is 30.6 Å². The highest BCUT2D eigenvalue weighted by Gasteiger charge is 2.55. The Bertz CT molecular complexity index is 1210. The van der Waals surface area contributed by atoms with Crippen LogP contribution in [0.5, 0.6) is 0 Å². The van der Waals surface area contributed by atoms with Crippen LogP contribution in [0.1, 0.15) is 24.5 Å². The fourth-order valence-electron chi connectivity index (χ4n) is 5.08. The van der Waals surface area contributed by atoms with Crippen LogP contribution < -0.4 is 4.90 Å². The predicted octanol–water partition coefficient (Wildman–Crippen LogP) is 3.78. The Morgan fingerprint density at radius 1 is 1.12 bits per heavy atom. The van der Waals surface area contributed by atoms with E-state index >= 15 is 0 Å². The molecule has 0 spiro atoms. The van der Waals surface area contributed by atoms with Gasteiger partial charge in [-0.3, -0.25) is 14.6 Å². The number of amides is 3. The fourth-order valence-corrected chi connectivity index (χ4v) is 5.25. The number of urea groups is 1. The number of benzene rings is 2. The number of aryl methyl sites for hydroxylation is 1. The SMILES string of the molecule is Cc1c(Cl)cccc1N1CC(C)C[N+]2=C1N=C1C2C(=O)N(CCCc2ccccc2)C(=O)N1C. The third-order valence-electron chi connectivity index (χ3n) is 6.85. The van der Waals surface area contributed by atoms with Gasteiger partial charge in [0, 0.05) is 30.1 Å². The summed E-state index contributed by atoms with van der Waals surface area (Å²) in [6.07, 6.45) is 1.53. The predicted molar refractivity (Wildman–Crippen MR) is 134 cm³/mol. The molecule has 5 rings (SSSR count). The first-order valence-corrected chi connectivity index (χ1v) is 12.1. The standard InChI is InChI=1S/C26H29ClN5O2/c1-17-15-31(21-13-7-12-20(27)18(21)2)25-28-23-22(32(25)16-17)24(33)30(26(34)29(23)3)14-8-11-19-9-5-4-6-10-19/h4-7,9-10,12-13,17,22H,8,11,14-16H2,1-3H3/q+1. The minimum Gasteiger partial charge on any atom is -0.270 e. The molecule has 2 unspecified atom stereocenters. The lowest BCUT2D eigenvalue weighted by molar-refractivity contribution is -0.545. The molecule has 34 heavy (non-hydrogen) atoms. The van der Waals surface area contributed by atoms with Crippen molar-refractivity contribution in [2.24, 2.45) is 10.9 Å². The maximum atomic E-state index is 13.6. The Morgan fingerprint density at radius 3 is 2.65 bits per heavy atom. The lowest BCUT2D eigenvalue weighted by Gasteiger charge is -2.35. The summed E-state index contributed by atoms with van der Waals surface area (Å²) in [7, 11) is 1.71. The first-order chi connectivity index (χ1) is 16.4. The number of hydrogen-bond acceptors (Lipinski definition) is 4. The number of hydrogen-bond donors (Lipinski definition) is 0. The molecule has 0 saturated carbocycles. The fraction of sp³-hybridized carbons (Fsp3) is 0.385. The van der Waals surface area contributed by atoms with Crippen molar-refractivity contribution in [3.8, 4) is 0 Å². The summed E-state index contributed by atoms with van der Waals surface area (Å²) < 4.78 is 2.05. The molecule has 3 aliphatic heterocycles. The molecule has 3 amide bonds. The Hall–Kier alpha value is -3.19. The molecular formula is C26H29ClN5O2+. The highest BCUT2D eigenvalue weighted by molar-refractivity contribution is 6.32. The van der Waals surface area contributed by atoms with Crippen molar-refractivity contribution >= 4 is 41.0 Å². The second kappa shape index (κ2) is 8.87. The Labute approximate surface area is 204 Å². The Balaban J connectivity index is 1.44. The summed E-state index contributed by atoms with van der Waals surface area (Å²) in [5.41, 5.74) is 3.14. The van der Waals surface area contributed by atoms with Crippen molar-refractivity contribution in [3.63, 3.8) is 0 Å². The topological polar surface area (TPSA) is 59.2 Å². The maximum absolute atomic E-state index is 13.6. The van der Waals surface area contributed by atoms with Gasteiger partial charge in [-0.25, -0.2) is 14.3 Å². The van der Waals surface area contributed by atoms with Crippen LogP contribution in [0.3, 0.4) is 0 Å². The molecule has 176 valence electrons. The normalized spacial score (nSPS) is 22.2. The number of anilines is 1. The van der Waals surface area contributed by atoms with Crippen LogP contribution in [-0.4, -0.2) is 70.8 Å². The van der Waals surface area contributed by atoms with Gasteiger partial charge in [0.05, 0.1) is 13.1 Å². The summed E-state index contributed by atoms with van der Waals surface area (Å²) >= 11 is 6.41. The van der Waals surface area contributed by atoms with Crippen LogP contribution in [0.15, 0.2) is 53.5 Å². The Kier molecular flexibility index (Phi) is 5.90. The molecule has 3 aliphatic rings. The number of fused-ring (bicyclic) bond motifs is 2. The molecule has 2 aromatic carbocycles. The molecule has 7 nitrogen and oxygen atoms in total. The van der Waals surface area contributed by atoms with E-state index in [-0.39, 0.29) is 11.9 Å². The third kappa shape index (κ3) is 3.78. The number of rotatable bonds is 5. The summed E-state index contributed by atoms with van der Waals surface area (Å²) in [6.45, 7) is 6.02. The monoisotopic (exact) mass is 478 g/mol. The number of carbonyl (C=O) groups is 2. The van der Waals surface area contributed by atoms with Gasteiger partial charge in [-0.15, -0.1) is 0 Å². The summed E-state index contributed by atoms with van der Waals surface area (Å²) in [6, 6.07) is 15.1. The van der Waals surface area contributed by atoms with E-state index in [1.807, 2.05) is 43.3 Å². The van der Waals surface area contributed by atoms with Gasteiger partial charge in [0.1, 0.15) is 5.69 Å². The maximum Gasteiger partial charge on any atom is 0.397 e. The van der Waals surface area contributed by atoms with E-state index in [0.29, 0.717) is 35.8 Å². The summed E-state index contributed by atoms with van der Waals surface area (Å²) in [4.78, 5) is 36.7. The number of halogens is 1. The van der Waals surface area contributed by atoms with Crippen LogP contribution >= 0.6 is 11.6 Å². The van der Waals surface area contributed by atoms with Crippen LogP contribution in [0, 0.1) is 12.8 Å². The van der Waals surface area contributed by atoms with Crippen LogP contribution in [0.2, 0.25) is 5.02 Å². The van der Waals surface area contributed by atoms with Crippen molar-refractivity contribution in [2.75, 3.05) is 31.6 Å². The van der Waals surface area contributed by atoms with E-state index in [1.165, 1.54) is 15.4 Å². The van der Waals surface area contributed by atoms with Gasteiger partial charge in [-0.2, -0.15) is 0 Å². The van der Waals surface area contributed by atoms with E-state index < -0.39 is 6.04 Å². The van der Waals surface area contributed by atoms with Crippen molar-refractivity contribution in [1.82, 2.24) is 9.80 Å². The zero-order valence-corrected chi connectivity index (χ0v) is 20.5. The van der Waals surface area contributed by atoms with Crippen LogP contribution in [0.25, 0.3) is 0 Å². The highest BCUT2D eigenvalue weighted by atomic mass is 35.5. The molecule has 3 heterocycles. The third-order valence-corrected chi connectivity index (χ3v) is 7.26. The molecule has 0 radical (unpaired) electrons. The molecule has 1 saturated heterocycles. The van der Waals surface area contributed by atoms with Gasteiger partial charge in [0.15, 0.2) is 0 Å². The zero-order chi connectivity index (χ0) is 24.0. The number of amidine groups is 1. The number of guanidine groups is 1. The van der Waals surface area contributed by atoms with Crippen molar-refractivity contribution in [2.45, 2.75) is 32.7 Å². The largest absolute Gasteiger partial charge is 0.397 e. The van der Waals surface area contributed by atoms with Crippen LogP contribution in [-0.2, 0) is 11.2 Å². The number of aliphatic imine (C=N–C) groups is 1. The van der Waals surface area contributed by atoms with Crippen molar-refractivity contribution in [3.05, 3.63) is 64.7 Å².